The number of fused-ring (bicyclic) bond motifs is 2. The Morgan fingerprint density at radius 3 is 2.29 bits per heavy atom. The van der Waals surface area contributed by atoms with Crippen molar-refractivity contribution in [2.75, 3.05) is 33.1 Å². The van der Waals surface area contributed by atoms with Gasteiger partial charge in [-0.2, -0.15) is 0 Å². The lowest BCUT2D eigenvalue weighted by Crippen LogP contribution is -2.49. The molecule has 0 unspecified atom stereocenters. The fourth-order valence-electron chi connectivity index (χ4n) is 4.61. The molecule has 34 heavy (non-hydrogen) atoms. The molecule has 1 aliphatic heterocycles. The molecule has 4 rings (SSSR count). The molecule has 1 aliphatic carbocycles. The third-order valence-electron chi connectivity index (χ3n) is 6.53. The van der Waals surface area contributed by atoms with Gasteiger partial charge in [-0.25, -0.2) is 19.1 Å². The van der Waals surface area contributed by atoms with Gasteiger partial charge >= 0.3 is 11.9 Å². The number of benzene rings is 1. The van der Waals surface area contributed by atoms with Crippen molar-refractivity contribution in [3.63, 3.8) is 0 Å². The zero-order valence-electron chi connectivity index (χ0n) is 20.2. The average Bonchev–Trinajstić information content (AvgIpc) is 2.78. The Morgan fingerprint density at radius 1 is 1.00 bits per heavy atom. The maximum Gasteiger partial charge on any atom is 0.355 e. The quantitative estimate of drug-likeness (QED) is 0.523. The first kappa shape index (κ1) is 23.4. The summed E-state index contributed by atoms with van der Waals surface area (Å²) in [4.78, 5) is 30.0. The van der Waals surface area contributed by atoms with Gasteiger partial charge in [0.1, 0.15) is 22.2 Å². The number of anilines is 1. The van der Waals surface area contributed by atoms with Crippen LogP contribution in [0.2, 0.25) is 13.1 Å². The second-order valence-corrected chi connectivity index (χ2v) is 13.8. The van der Waals surface area contributed by atoms with Gasteiger partial charge in [-0.15, -0.1) is 0 Å². The van der Waals surface area contributed by atoms with Crippen molar-refractivity contribution < 1.29 is 24.4 Å². The summed E-state index contributed by atoms with van der Waals surface area (Å²) in [5, 5.41) is 21.9. The number of allylic oxidation sites excluding steroid dienone is 5. The first-order valence-corrected chi connectivity index (χ1v) is 13.9. The molecule has 1 aromatic carbocycles. The summed E-state index contributed by atoms with van der Waals surface area (Å²) < 4.78 is 2.05. The molecule has 0 bridgehead atoms. The molecule has 0 saturated carbocycles. The molecule has 2 aromatic rings. The normalized spacial score (nSPS) is 15.9. The number of nitrogens with zero attached hydrogens (tertiary/aromatic N) is 3. The third-order valence-corrected chi connectivity index (χ3v) is 10.1. The number of carbonyl (C=O) groups is 2. The van der Waals surface area contributed by atoms with E-state index in [-0.39, 0.29) is 11.3 Å². The molecule has 2 aliphatic rings. The van der Waals surface area contributed by atoms with Crippen molar-refractivity contribution in [2.24, 2.45) is 0 Å². The van der Waals surface area contributed by atoms with E-state index in [2.05, 4.69) is 30.2 Å². The predicted molar refractivity (Wildman–Crippen MR) is 136 cm³/mol. The number of pyridine rings is 1. The number of hydrogen-bond donors (Lipinski definition) is 2. The minimum atomic E-state index is -2.20. The van der Waals surface area contributed by atoms with E-state index in [1.807, 2.05) is 62.0 Å². The highest BCUT2D eigenvalue weighted by molar-refractivity contribution is 6.98. The lowest BCUT2D eigenvalue weighted by atomic mass is 9.88. The molecule has 0 amide bonds. The molecule has 1 aromatic heterocycles. The Labute approximate surface area is 199 Å². The Kier molecular flexibility index (Phi) is 5.65. The van der Waals surface area contributed by atoms with Crippen molar-refractivity contribution in [3.05, 3.63) is 81.8 Å². The van der Waals surface area contributed by atoms with Gasteiger partial charge in [-0.3, -0.25) is 0 Å². The molecule has 0 spiro atoms. The monoisotopic (exact) mass is 474 g/mol. The molecule has 0 fully saturated rings. The van der Waals surface area contributed by atoms with Crippen molar-refractivity contribution in [2.45, 2.75) is 13.1 Å². The number of hydrogen-bond acceptors (Lipinski definition) is 4. The maximum absolute atomic E-state index is 12.2. The standard InChI is InChI=1S/C26H27N3O4Si/c1-28(2)16-7-9-18-21(12-16)34(5,6)22-13-17(29(3)4)8-10-19(22)23(18)20-11-15(25(30)31)14-27-24(20)26(32)33/h7-14H,1-6H3,(H-,30,31,32,33)/p+1. The summed E-state index contributed by atoms with van der Waals surface area (Å²) in [7, 11) is 5.76. The zero-order valence-corrected chi connectivity index (χ0v) is 21.2. The Morgan fingerprint density at radius 2 is 1.71 bits per heavy atom. The lowest BCUT2D eigenvalue weighted by molar-refractivity contribution is -0.462. The fraction of sp³-hybridized carbons (Fsp3) is 0.231. The van der Waals surface area contributed by atoms with Crippen LogP contribution in [0, 0.1) is 0 Å². The second kappa shape index (κ2) is 8.21. The van der Waals surface area contributed by atoms with Crippen LogP contribution in [-0.2, 0) is 0 Å². The largest absolute Gasteiger partial charge is 0.478 e. The Bertz CT molecular complexity index is 1380. The van der Waals surface area contributed by atoms with E-state index in [0.29, 0.717) is 11.1 Å². The summed E-state index contributed by atoms with van der Waals surface area (Å²) in [5.41, 5.74) is 4.79. The number of aromatic nitrogens is 1. The molecule has 2 N–H and O–H groups in total. The molecular weight excluding hydrogens is 446 g/mol. The van der Waals surface area contributed by atoms with E-state index in [0.717, 1.165) is 28.7 Å². The van der Waals surface area contributed by atoms with E-state index >= 15 is 0 Å². The Hall–Kier alpha value is -3.78. The number of carboxylic acid groups (broad SMARTS) is 2. The van der Waals surface area contributed by atoms with Crippen LogP contribution in [0.1, 0.15) is 32.0 Å². The average molecular weight is 475 g/mol. The van der Waals surface area contributed by atoms with Crippen molar-refractivity contribution in [1.29, 1.82) is 0 Å². The summed E-state index contributed by atoms with van der Waals surface area (Å²) in [6.07, 6.45) is 7.32. The number of aromatic carboxylic acids is 2. The van der Waals surface area contributed by atoms with Gasteiger partial charge in [0.25, 0.3) is 0 Å². The van der Waals surface area contributed by atoms with Crippen LogP contribution in [0.3, 0.4) is 0 Å². The highest BCUT2D eigenvalue weighted by Crippen LogP contribution is 2.42. The summed E-state index contributed by atoms with van der Waals surface area (Å²) >= 11 is 0. The van der Waals surface area contributed by atoms with Gasteiger partial charge < -0.3 is 15.1 Å². The van der Waals surface area contributed by atoms with Crippen molar-refractivity contribution in [3.8, 4) is 0 Å². The molecule has 8 heteroatoms. The van der Waals surface area contributed by atoms with E-state index in [1.54, 1.807) is 0 Å². The van der Waals surface area contributed by atoms with E-state index in [4.69, 9.17) is 0 Å². The van der Waals surface area contributed by atoms with Crippen molar-refractivity contribution in [1.82, 2.24) is 4.98 Å². The summed E-state index contributed by atoms with van der Waals surface area (Å²) in [6.45, 7) is 4.59. The van der Waals surface area contributed by atoms with E-state index < -0.39 is 20.0 Å². The van der Waals surface area contributed by atoms with E-state index in [1.165, 1.54) is 16.4 Å². The molecule has 0 radical (unpaired) electrons. The number of carboxylic acids is 2. The third kappa shape index (κ3) is 3.69. The van der Waals surface area contributed by atoms with Gasteiger partial charge in [0.2, 0.25) is 0 Å². The van der Waals surface area contributed by atoms with Crippen LogP contribution in [0.5, 0.6) is 0 Å². The topological polar surface area (TPSA) is 93.7 Å². The maximum atomic E-state index is 12.2. The van der Waals surface area contributed by atoms with Gasteiger partial charge in [-0.1, -0.05) is 19.2 Å². The minimum Gasteiger partial charge on any atom is -0.478 e. The highest BCUT2D eigenvalue weighted by Gasteiger charge is 2.41. The SMILES string of the molecule is CN(C)c1ccc2c(c1)[Si](C)(C)C1=CC(=[N+](C)C)C=CC1=C2c1cc(C(=O)O)cnc1C(=O)O. The molecular formula is C26H28N3O4Si+. The summed E-state index contributed by atoms with van der Waals surface area (Å²) in [5.74, 6) is -2.34. The molecule has 0 atom stereocenters. The molecule has 174 valence electrons. The second-order valence-electron chi connectivity index (χ2n) is 9.48. The zero-order chi connectivity index (χ0) is 24.9. The highest BCUT2D eigenvalue weighted by atomic mass is 28.3. The summed E-state index contributed by atoms with van der Waals surface area (Å²) in [6, 6.07) is 7.65. The van der Waals surface area contributed by atoms with Gasteiger partial charge in [0, 0.05) is 43.7 Å². The van der Waals surface area contributed by atoms with Gasteiger partial charge in [0.15, 0.2) is 11.4 Å². The molecule has 7 nitrogen and oxygen atoms in total. The van der Waals surface area contributed by atoms with Crippen LogP contribution < -0.4 is 10.1 Å². The van der Waals surface area contributed by atoms with Crippen LogP contribution in [0.25, 0.3) is 5.57 Å². The molecule has 2 heterocycles. The minimum absolute atomic E-state index is 0.0486. The van der Waals surface area contributed by atoms with Crippen LogP contribution in [0.4, 0.5) is 5.69 Å². The van der Waals surface area contributed by atoms with Crippen LogP contribution >= 0.6 is 0 Å². The molecule has 0 saturated heterocycles. The smallest absolute Gasteiger partial charge is 0.355 e. The van der Waals surface area contributed by atoms with Crippen LogP contribution in [0.15, 0.2) is 59.5 Å². The van der Waals surface area contributed by atoms with Crippen molar-refractivity contribution >= 4 is 42.2 Å². The Balaban J connectivity index is 2.17. The number of rotatable bonds is 4. The predicted octanol–water partition coefficient (Wildman–Crippen LogP) is 3.02. The first-order chi connectivity index (χ1) is 15.9. The van der Waals surface area contributed by atoms with Crippen LogP contribution in [-0.4, -0.2) is 73.7 Å². The van der Waals surface area contributed by atoms with E-state index in [9.17, 15) is 19.8 Å². The lowest BCUT2D eigenvalue weighted by Gasteiger charge is -2.38. The fourth-order valence-corrected chi connectivity index (χ4v) is 7.69. The first-order valence-electron chi connectivity index (χ1n) is 10.9. The van der Waals surface area contributed by atoms with Gasteiger partial charge in [0.05, 0.1) is 5.56 Å². The van der Waals surface area contributed by atoms with Gasteiger partial charge in [-0.05, 0) is 51.4 Å².